The molecule has 17 heavy (non-hydrogen) atoms. The van der Waals surface area contributed by atoms with Crippen LogP contribution in [0.25, 0.3) is 0 Å². The lowest BCUT2D eigenvalue weighted by atomic mass is 9.92. The van der Waals surface area contributed by atoms with Crippen LogP contribution in [0.5, 0.6) is 11.5 Å². The van der Waals surface area contributed by atoms with Crippen LogP contribution in [0, 0.1) is 0 Å². The van der Waals surface area contributed by atoms with Crippen molar-refractivity contribution in [3.05, 3.63) is 23.3 Å². The molecule has 1 atom stereocenters. The van der Waals surface area contributed by atoms with Crippen LogP contribution < -0.4 is 9.47 Å². The third kappa shape index (κ3) is 3.13. The van der Waals surface area contributed by atoms with Crippen LogP contribution in [0.2, 0.25) is 0 Å². The van der Waals surface area contributed by atoms with Crippen LogP contribution in [0.3, 0.4) is 0 Å². The summed E-state index contributed by atoms with van der Waals surface area (Å²) in [5.74, 6) is 2.00. The molecule has 3 nitrogen and oxygen atoms in total. The maximum atomic E-state index is 9.60. The zero-order valence-electron chi connectivity index (χ0n) is 11.3. The van der Waals surface area contributed by atoms with Crippen molar-refractivity contribution in [1.82, 2.24) is 0 Å². The van der Waals surface area contributed by atoms with E-state index in [9.17, 15) is 5.11 Å². The molecule has 3 heteroatoms. The van der Waals surface area contributed by atoms with E-state index >= 15 is 0 Å². The Kier molecular flexibility index (Phi) is 4.82. The van der Waals surface area contributed by atoms with Crippen molar-refractivity contribution in [1.29, 1.82) is 0 Å². The van der Waals surface area contributed by atoms with Crippen LogP contribution in [-0.2, 0) is 6.42 Å². The highest BCUT2D eigenvalue weighted by Crippen LogP contribution is 2.36. The van der Waals surface area contributed by atoms with E-state index in [1.165, 1.54) is 0 Å². The highest BCUT2D eigenvalue weighted by Gasteiger charge is 2.18. The van der Waals surface area contributed by atoms with Gasteiger partial charge in [0.05, 0.1) is 20.3 Å². The van der Waals surface area contributed by atoms with Crippen LogP contribution >= 0.6 is 0 Å². The molecule has 0 radical (unpaired) electrons. The first kappa shape index (κ1) is 13.8. The first-order valence-corrected chi connectivity index (χ1v) is 5.93. The number of ether oxygens (including phenoxy) is 2. The number of hydrogen-bond acceptors (Lipinski definition) is 3. The van der Waals surface area contributed by atoms with Gasteiger partial charge in [0.1, 0.15) is 11.5 Å². The standard InChI is InChI=1S/C14H22O3/c1-9(2)14-11(8-10(3)15)12(16-4)6-7-13(14)17-5/h6-7,9-10,15H,8H2,1-5H3. The quantitative estimate of drug-likeness (QED) is 0.857. The summed E-state index contributed by atoms with van der Waals surface area (Å²) in [6.45, 7) is 6.01. The summed E-state index contributed by atoms with van der Waals surface area (Å²) >= 11 is 0. The van der Waals surface area contributed by atoms with Gasteiger partial charge in [-0.3, -0.25) is 0 Å². The number of hydrogen-bond donors (Lipinski definition) is 1. The largest absolute Gasteiger partial charge is 0.496 e. The normalized spacial score (nSPS) is 12.6. The van der Waals surface area contributed by atoms with Crippen molar-refractivity contribution >= 4 is 0 Å². The predicted molar refractivity (Wildman–Crippen MR) is 69.0 cm³/mol. The molecular weight excluding hydrogens is 216 g/mol. The summed E-state index contributed by atoms with van der Waals surface area (Å²) in [6, 6.07) is 3.81. The predicted octanol–water partition coefficient (Wildman–Crippen LogP) is 2.75. The van der Waals surface area contributed by atoms with Gasteiger partial charge in [-0.25, -0.2) is 0 Å². The molecule has 0 aliphatic carbocycles. The number of methoxy groups -OCH3 is 2. The van der Waals surface area contributed by atoms with Gasteiger partial charge in [0.2, 0.25) is 0 Å². The highest BCUT2D eigenvalue weighted by molar-refractivity contribution is 5.50. The van der Waals surface area contributed by atoms with Crippen molar-refractivity contribution in [2.45, 2.75) is 39.2 Å². The first-order valence-electron chi connectivity index (χ1n) is 5.93. The molecule has 1 aromatic carbocycles. The fraction of sp³-hybridized carbons (Fsp3) is 0.571. The Labute approximate surface area is 103 Å². The molecule has 0 aliphatic heterocycles. The summed E-state index contributed by atoms with van der Waals surface area (Å²) in [6.07, 6.45) is 0.182. The molecule has 0 saturated carbocycles. The minimum Gasteiger partial charge on any atom is -0.496 e. The fourth-order valence-electron chi connectivity index (χ4n) is 2.13. The Balaban J connectivity index is 3.35. The van der Waals surface area contributed by atoms with Crippen LogP contribution in [0.4, 0.5) is 0 Å². The molecule has 0 amide bonds. The molecule has 0 bridgehead atoms. The lowest BCUT2D eigenvalue weighted by Crippen LogP contribution is -2.10. The Morgan fingerprint density at radius 1 is 1.06 bits per heavy atom. The van der Waals surface area contributed by atoms with Crippen molar-refractivity contribution in [3.63, 3.8) is 0 Å². The average Bonchev–Trinajstić information content (AvgIpc) is 2.27. The van der Waals surface area contributed by atoms with Crippen molar-refractivity contribution < 1.29 is 14.6 Å². The molecule has 0 heterocycles. The van der Waals surface area contributed by atoms with Gasteiger partial charge >= 0.3 is 0 Å². The van der Waals surface area contributed by atoms with E-state index in [0.29, 0.717) is 12.3 Å². The molecule has 1 unspecified atom stereocenters. The van der Waals surface area contributed by atoms with Gasteiger partial charge in [-0.1, -0.05) is 13.8 Å². The smallest absolute Gasteiger partial charge is 0.122 e. The molecule has 0 aromatic heterocycles. The van der Waals surface area contributed by atoms with E-state index in [4.69, 9.17) is 9.47 Å². The van der Waals surface area contributed by atoms with Crippen molar-refractivity contribution in [2.75, 3.05) is 14.2 Å². The summed E-state index contributed by atoms with van der Waals surface area (Å²) in [7, 11) is 3.32. The second-order valence-corrected chi connectivity index (χ2v) is 4.57. The van der Waals surface area contributed by atoms with Crippen LogP contribution in [0.1, 0.15) is 37.8 Å². The van der Waals surface area contributed by atoms with E-state index in [-0.39, 0.29) is 0 Å². The minimum absolute atomic E-state index is 0.328. The van der Waals surface area contributed by atoms with Gasteiger partial charge in [0, 0.05) is 17.5 Å². The Morgan fingerprint density at radius 3 is 2.00 bits per heavy atom. The van der Waals surface area contributed by atoms with E-state index < -0.39 is 6.10 Å². The van der Waals surface area contributed by atoms with E-state index in [2.05, 4.69) is 13.8 Å². The molecule has 1 N–H and O–H groups in total. The molecule has 0 aliphatic rings. The second kappa shape index (κ2) is 5.92. The second-order valence-electron chi connectivity index (χ2n) is 4.57. The van der Waals surface area contributed by atoms with E-state index in [1.54, 1.807) is 21.1 Å². The molecule has 1 aromatic rings. The summed E-state index contributed by atoms with van der Waals surface area (Å²) in [4.78, 5) is 0. The summed E-state index contributed by atoms with van der Waals surface area (Å²) in [5.41, 5.74) is 2.16. The number of benzene rings is 1. The number of aliphatic hydroxyl groups excluding tert-OH is 1. The Hall–Kier alpha value is -1.22. The van der Waals surface area contributed by atoms with Crippen molar-refractivity contribution in [2.24, 2.45) is 0 Å². The Bertz CT molecular complexity index is 370. The van der Waals surface area contributed by atoms with E-state index in [0.717, 1.165) is 22.6 Å². The van der Waals surface area contributed by atoms with Gasteiger partial charge in [-0.15, -0.1) is 0 Å². The van der Waals surface area contributed by atoms with Crippen LogP contribution in [-0.4, -0.2) is 25.4 Å². The van der Waals surface area contributed by atoms with Gasteiger partial charge in [0.25, 0.3) is 0 Å². The maximum absolute atomic E-state index is 9.60. The molecule has 96 valence electrons. The topological polar surface area (TPSA) is 38.7 Å². The van der Waals surface area contributed by atoms with Crippen molar-refractivity contribution in [3.8, 4) is 11.5 Å². The van der Waals surface area contributed by atoms with E-state index in [1.807, 2.05) is 12.1 Å². The Morgan fingerprint density at radius 2 is 1.59 bits per heavy atom. The van der Waals surface area contributed by atoms with Gasteiger partial charge in [-0.05, 0) is 25.0 Å². The summed E-state index contributed by atoms with van der Waals surface area (Å²) < 4.78 is 10.8. The van der Waals surface area contributed by atoms with Gasteiger partial charge in [-0.2, -0.15) is 0 Å². The molecule has 0 fully saturated rings. The molecule has 1 rings (SSSR count). The highest BCUT2D eigenvalue weighted by atomic mass is 16.5. The average molecular weight is 238 g/mol. The number of rotatable bonds is 5. The number of aliphatic hydroxyl groups is 1. The molecule has 0 saturated heterocycles. The lowest BCUT2D eigenvalue weighted by Gasteiger charge is -2.20. The third-order valence-corrected chi connectivity index (χ3v) is 2.79. The van der Waals surface area contributed by atoms with Gasteiger partial charge < -0.3 is 14.6 Å². The molecule has 0 spiro atoms. The first-order chi connectivity index (χ1) is 8.01. The van der Waals surface area contributed by atoms with Gasteiger partial charge in [0.15, 0.2) is 0 Å². The summed E-state index contributed by atoms with van der Waals surface area (Å²) in [5, 5.41) is 9.60. The lowest BCUT2D eigenvalue weighted by molar-refractivity contribution is 0.193. The molecular formula is C14H22O3. The monoisotopic (exact) mass is 238 g/mol. The van der Waals surface area contributed by atoms with Crippen LogP contribution in [0.15, 0.2) is 12.1 Å². The minimum atomic E-state index is -0.395. The fourth-order valence-corrected chi connectivity index (χ4v) is 2.13. The zero-order valence-corrected chi connectivity index (χ0v) is 11.3. The zero-order chi connectivity index (χ0) is 13.0. The third-order valence-electron chi connectivity index (χ3n) is 2.79. The maximum Gasteiger partial charge on any atom is 0.122 e. The SMILES string of the molecule is COc1ccc(OC)c(C(C)C)c1CC(C)O.